The third kappa shape index (κ3) is 3.81. The third-order valence-electron chi connectivity index (χ3n) is 4.49. The molecule has 3 heteroatoms. The molecular formula is C15H26N2S. The molecule has 1 fully saturated rings. The number of hydrazine groups is 1. The lowest BCUT2D eigenvalue weighted by Crippen LogP contribution is -2.43. The highest BCUT2D eigenvalue weighted by atomic mass is 32.1. The maximum atomic E-state index is 5.76. The van der Waals surface area contributed by atoms with Gasteiger partial charge in [0.25, 0.3) is 0 Å². The van der Waals surface area contributed by atoms with Crippen LogP contribution in [0.15, 0.2) is 16.8 Å². The van der Waals surface area contributed by atoms with Gasteiger partial charge in [0, 0.05) is 6.04 Å². The van der Waals surface area contributed by atoms with Crippen LogP contribution >= 0.6 is 11.3 Å². The van der Waals surface area contributed by atoms with Crippen molar-refractivity contribution >= 4 is 11.3 Å². The van der Waals surface area contributed by atoms with E-state index in [4.69, 9.17) is 5.84 Å². The van der Waals surface area contributed by atoms with E-state index in [1.165, 1.54) is 37.7 Å². The van der Waals surface area contributed by atoms with Crippen LogP contribution in [0.1, 0.15) is 51.5 Å². The normalized spacial score (nSPS) is 21.9. The molecule has 18 heavy (non-hydrogen) atoms. The maximum absolute atomic E-state index is 5.76. The zero-order chi connectivity index (χ0) is 13.0. The highest BCUT2D eigenvalue weighted by Gasteiger charge is 2.30. The minimum atomic E-state index is 0.487. The standard InChI is InChI=1S/C15H26N2S/c1-15(2)8-5-13(6-9-15)14(17-16)4-3-12-7-10-18-11-12/h7,10-11,13-14,17H,3-6,8-9,16H2,1-2H3. The predicted octanol–water partition coefficient (Wildman–Crippen LogP) is 3.73. The highest BCUT2D eigenvalue weighted by molar-refractivity contribution is 7.07. The average Bonchev–Trinajstić information content (AvgIpc) is 2.84. The third-order valence-corrected chi connectivity index (χ3v) is 5.22. The lowest BCUT2D eigenvalue weighted by atomic mass is 9.70. The summed E-state index contributed by atoms with van der Waals surface area (Å²) >= 11 is 1.78. The van der Waals surface area contributed by atoms with Gasteiger partial charge >= 0.3 is 0 Å². The second-order valence-corrected chi connectivity index (χ2v) is 7.23. The first-order valence-corrected chi connectivity index (χ1v) is 8.02. The monoisotopic (exact) mass is 266 g/mol. The minimum Gasteiger partial charge on any atom is -0.271 e. The fourth-order valence-corrected chi connectivity index (χ4v) is 3.74. The van der Waals surface area contributed by atoms with Gasteiger partial charge in [-0.3, -0.25) is 11.3 Å². The van der Waals surface area contributed by atoms with Crippen molar-refractivity contribution in [3.63, 3.8) is 0 Å². The van der Waals surface area contributed by atoms with Crippen LogP contribution in [0.5, 0.6) is 0 Å². The Hall–Kier alpha value is -0.380. The molecule has 1 atom stereocenters. The van der Waals surface area contributed by atoms with Gasteiger partial charge in [0.15, 0.2) is 0 Å². The van der Waals surface area contributed by atoms with Crippen molar-refractivity contribution in [3.8, 4) is 0 Å². The van der Waals surface area contributed by atoms with E-state index in [9.17, 15) is 0 Å². The molecule has 2 nitrogen and oxygen atoms in total. The summed E-state index contributed by atoms with van der Waals surface area (Å²) in [6.45, 7) is 4.78. The zero-order valence-corrected chi connectivity index (χ0v) is 12.4. The molecule has 0 spiro atoms. The van der Waals surface area contributed by atoms with E-state index in [1.54, 1.807) is 11.3 Å². The fourth-order valence-electron chi connectivity index (χ4n) is 3.04. The Kier molecular flexibility index (Phi) is 4.82. The van der Waals surface area contributed by atoms with Crippen LogP contribution in [0, 0.1) is 11.3 Å². The number of thiophene rings is 1. The van der Waals surface area contributed by atoms with Crippen LogP contribution in [0.4, 0.5) is 0 Å². The number of nitrogens with one attached hydrogen (secondary N) is 1. The predicted molar refractivity (Wildman–Crippen MR) is 79.5 cm³/mol. The topological polar surface area (TPSA) is 38.0 Å². The summed E-state index contributed by atoms with van der Waals surface area (Å²) in [5, 5.41) is 4.40. The van der Waals surface area contributed by atoms with Crippen molar-refractivity contribution in [1.82, 2.24) is 5.43 Å². The van der Waals surface area contributed by atoms with E-state index in [1.807, 2.05) is 0 Å². The van der Waals surface area contributed by atoms with Gasteiger partial charge in [-0.05, 0) is 72.2 Å². The Morgan fingerprint density at radius 2 is 2.17 bits per heavy atom. The van der Waals surface area contributed by atoms with E-state index >= 15 is 0 Å². The summed E-state index contributed by atoms with van der Waals surface area (Å²) in [6.07, 6.45) is 7.65. The fraction of sp³-hybridized carbons (Fsp3) is 0.733. The molecular weight excluding hydrogens is 240 g/mol. The zero-order valence-electron chi connectivity index (χ0n) is 11.6. The molecule has 1 unspecified atom stereocenters. The second kappa shape index (κ2) is 6.18. The van der Waals surface area contributed by atoms with Crippen LogP contribution in [0.25, 0.3) is 0 Å². The van der Waals surface area contributed by atoms with Crippen LogP contribution in [-0.4, -0.2) is 6.04 Å². The van der Waals surface area contributed by atoms with Gasteiger partial charge in [0.05, 0.1) is 0 Å². The van der Waals surface area contributed by atoms with Gasteiger partial charge < -0.3 is 0 Å². The van der Waals surface area contributed by atoms with Crippen molar-refractivity contribution in [2.24, 2.45) is 17.2 Å². The number of nitrogens with two attached hydrogens (primary N) is 1. The summed E-state index contributed by atoms with van der Waals surface area (Å²) in [5.74, 6) is 6.53. The smallest absolute Gasteiger partial charge is 0.0241 e. The quantitative estimate of drug-likeness (QED) is 0.629. The van der Waals surface area contributed by atoms with Gasteiger partial charge in [0.1, 0.15) is 0 Å². The van der Waals surface area contributed by atoms with Crippen molar-refractivity contribution in [2.75, 3.05) is 0 Å². The Bertz CT molecular complexity index is 335. The van der Waals surface area contributed by atoms with E-state index in [0.717, 1.165) is 12.3 Å². The number of aryl methyl sites for hydroxylation is 1. The maximum Gasteiger partial charge on any atom is 0.0241 e. The number of hydrogen-bond acceptors (Lipinski definition) is 3. The molecule has 1 heterocycles. The van der Waals surface area contributed by atoms with Gasteiger partial charge in [0.2, 0.25) is 0 Å². The first kappa shape index (κ1) is 14.0. The first-order valence-electron chi connectivity index (χ1n) is 7.08. The Morgan fingerprint density at radius 1 is 1.44 bits per heavy atom. The summed E-state index contributed by atoms with van der Waals surface area (Å²) < 4.78 is 0. The minimum absolute atomic E-state index is 0.487. The van der Waals surface area contributed by atoms with Crippen LogP contribution in [0.2, 0.25) is 0 Å². The van der Waals surface area contributed by atoms with Crippen LogP contribution in [0.3, 0.4) is 0 Å². The molecule has 0 radical (unpaired) electrons. The molecule has 1 aromatic rings. The van der Waals surface area contributed by atoms with Gasteiger partial charge in [-0.15, -0.1) is 0 Å². The number of hydrogen-bond donors (Lipinski definition) is 2. The molecule has 102 valence electrons. The van der Waals surface area contributed by atoms with Crippen molar-refractivity contribution in [3.05, 3.63) is 22.4 Å². The lowest BCUT2D eigenvalue weighted by Gasteiger charge is -2.37. The highest BCUT2D eigenvalue weighted by Crippen LogP contribution is 2.39. The van der Waals surface area contributed by atoms with E-state index in [-0.39, 0.29) is 0 Å². The molecule has 1 aliphatic rings. The molecule has 1 saturated carbocycles. The van der Waals surface area contributed by atoms with Crippen LogP contribution < -0.4 is 11.3 Å². The average molecular weight is 266 g/mol. The SMILES string of the molecule is CC1(C)CCC(C(CCc2ccsc2)NN)CC1. The summed E-state index contributed by atoms with van der Waals surface area (Å²) in [5.41, 5.74) is 5.06. The molecule has 1 aromatic heterocycles. The van der Waals surface area contributed by atoms with Gasteiger partial charge in [-0.1, -0.05) is 13.8 Å². The Morgan fingerprint density at radius 3 is 2.72 bits per heavy atom. The number of rotatable bonds is 5. The van der Waals surface area contributed by atoms with Gasteiger partial charge in [-0.25, -0.2) is 0 Å². The molecule has 3 N–H and O–H groups in total. The van der Waals surface area contributed by atoms with E-state index in [0.29, 0.717) is 11.5 Å². The second-order valence-electron chi connectivity index (χ2n) is 6.45. The molecule has 2 rings (SSSR count). The van der Waals surface area contributed by atoms with E-state index in [2.05, 4.69) is 36.1 Å². The largest absolute Gasteiger partial charge is 0.271 e. The molecule has 0 amide bonds. The van der Waals surface area contributed by atoms with Crippen LogP contribution in [-0.2, 0) is 6.42 Å². The van der Waals surface area contributed by atoms with Crippen molar-refractivity contribution in [1.29, 1.82) is 0 Å². The molecule has 0 bridgehead atoms. The first-order chi connectivity index (χ1) is 8.61. The van der Waals surface area contributed by atoms with Crippen molar-refractivity contribution < 1.29 is 0 Å². The molecule has 0 aromatic carbocycles. The van der Waals surface area contributed by atoms with Crippen molar-refractivity contribution in [2.45, 2.75) is 58.4 Å². The Balaban J connectivity index is 1.82. The molecule has 0 aliphatic heterocycles. The lowest BCUT2D eigenvalue weighted by molar-refractivity contribution is 0.157. The van der Waals surface area contributed by atoms with E-state index < -0.39 is 0 Å². The van der Waals surface area contributed by atoms with Gasteiger partial charge in [-0.2, -0.15) is 11.3 Å². The summed E-state index contributed by atoms with van der Waals surface area (Å²) in [6, 6.07) is 2.71. The summed E-state index contributed by atoms with van der Waals surface area (Å²) in [7, 11) is 0. The summed E-state index contributed by atoms with van der Waals surface area (Å²) in [4.78, 5) is 0. The Labute approximate surface area is 115 Å². The molecule has 0 saturated heterocycles. The molecule has 1 aliphatic carbocycles.